The number of urea groups is 1. The molecule has 2 saturated carbocycles. The molecule has 19 heavy (non-hydrogen) atoms. The smallest absolute Gasteiger partial charge is 0.320 e. The Hall–Kier alpha value is -1.26. The van der Waals surface area contributed by atoms with Crippen LogP contribution in [-0.4, -0.2) is 52.6 Å². The van der Waals surface area contributed by atoms with E-state index in [0.29, 0.717) is 12.6 Å². The van der Waals surface area contributed by atoms with E-state index in [1.165, 1.54) is 19.3 Å². The molecule has 5 nitrogen and oxygen atoms in total. The zero-order chi connectivity index (χ0) is 13.8. The minimum Gasteiger partial charge on any atom is -0.481 e. The Morgan fingerprint density at radius 2 is 1.68 bits per heavy atom. The summed E-state index contributed by atoms with van der Waals surface area (Å²) in [5.41, 5.74) is 0. The normalized spacial score (nSPS) is 20.1. The molecule has 0 saturated heterocycles. The maximum absolute atomic E-state index is 12.5. The van der Waals surface area contributed by atoms with Crippen LogP contribution in [0.5, 0.6) is 0 Å². The SMILES string of the molecule is CN(C(=O)N(CCC(=O)O)C1CC1)C1CCCCC1. The van der Waals surface area contributed by atoms with Gasteiger partial charge in [-0.2, -0.15) is 0 Å². The Balaban J connectivity index is 1.91. The molecular formula is C14H24N2O3. The predicted octanol–water partition coefficient (Wildman–Crippen LogP) is 2.31. The Kier molecular flexibility index (Phi) is 4.66. The van der Waals surface area contributed by atoms with E-state index in [9.17, 15) is 9.59 Å². The molecule has 1 N–H and O–H groups in total. The summed E-state index contributed by atoms with van der Waals surface area (Å²) < 4.78 is 0. The molecule has 0 aromatic rings. The first-order valence-electron chi connectivity index (χ1n) is 7.35. The Bertz CT molecular complexity index is 336. The van der Waals surface area contributed by atoms with Crippen LogP contribution in [0.1, 0.15) is 51.4 Å². The second-order valence-corrected chi connectivity index (χ2v) is 5.75. The van der Waals surface area contributed by atoms with Crippen LogP contribution in [0.15, 0.2) is 0 Å². The minimum absolute atomic E-state index is 0.0238. The molecule has 0 bridgehead atoms. The van der Waals surface area contributed by atoms with Gasteiger partial charge in [0.15, 0.2) is 0 Å². The minimum atomic E-state index is -0.834. The molecule has 2 rings (SSSR count). The lowest BCUT2D eigenvalue weighted by Crippen LogP contribution is -2.48. The van der Waals surface area contributed by atoms with Gasteiger partial charge in [-0.1, -0.05) is 19.3 Å². The van der Waals surface area contributed by atoms with E-state index in [1.54, 1.807) is 4.90 Å². The van der Waals surface area contributed by atoms with Gasteiger partial charge in [0.05, 0.1) is 6.42 Å². The highest BCUT2D eigenvalue weighted by Crippen LogP contribution is 2.29. The quantitative estimate of drug-likeness (QED) is 0.832. The van der Waals surface area contributed by atoms with Crippen LogP contribution in [0.4, 0.5) is 4.79 Å². The highest BCUT2D eigenvalue weighted by atomic mass is 16.4. The first-order valence-corrected chi connectivity index (χ1v) is 7.35. The molecule has 5 heteroatoms. The van der Waals surface area contributed by atoms with E-state index in [1.807, 2.05) is 11.9 Å². The topological polar surface area (TPSA) is 60.9 Å². The van der Waals surface area contributed by atoms with Gasteiger partial charge in [-0.25, -0.2) is 4.79 Å². The van der Waals surface area contributed by atoms with Crippen LogP contribution in [0.25, 0.3) is 0 Å². The van der Waals surface area contributed by atoms with Gasteiger partial charge in [-0.15, -0.1) is 0 Å². The molecule has 0 aromatic carbocycles. The number of hydrogen-bond acceptors (Lipinski definition) is 2. The third-order valence-electron chi connectivity index (χ3n) is 4.22. The van der Waals surface area contributed by atoms with Crippen molar-refractivity contribution in [2.24, 2.45) is 0 Å². The molecule has 2 aliphatic rings. The number of rotatable bonds is 5. The molecule has 108 valence electrons. The van der Waals surface area contributed by atoms with Crippen LogP contribution in [0, 0.1) is 0 Å². The number of carboxylic acid groups (broad SMARTS) is 1. The number of carboxylic acids is 1. The van der Waals surface area contributed by atoms with Crippen molar-refractivity contribution in [3.63, 3.8) is 0 Å². The molecule has 2 fully saturated rings. The lowest BCUT2D eigenvalue weighted by molar-refractivity contribution is -0.137. The molecule has 0 radical (unpaired) electrons. The zero-order valence-electron chi connectivity index (χ0n) is 11.7. The Labute approximate surface area is 114 Å². The maximum Gasteiger partial charge on any atom is 0.320 e. The summed E-state index contributed by atoms with van der Waals surface area (Å²) in [6.07, 6.45) is 7.90. The number of hydrogen-bond donors (Lipinski definition) is 1. The summed E-state index contributed by atoms with van der Waals surface area (Å²) in [4.78, 5) is 26.8. The van der Waals surface area contributed by atoms with Crippen LogP contribution in [0.3, 0.4) is 0 Å². The van der Waals surface area contributed by atoms with Crippen molar-refractivity contribution < 1.29 is 14.7 Å². The molecule has 0 atom stereocenters. The van der Waals surface area contributed by atoms with Gasteiger partial charge < -0.3 is 14.9 Å². The molecule has 0 aromatic heterocycles. The number of carbonyl (C=O) groups is 2. The number of aliphatic carboxylic acids is 1. The van der Waals surface area contributed by atoms with Gasteiger partial charge in [0, 0.05) is 25.7 Å². The molecule has 0 spiro atoms. The summed E-state index contributed by atoms with van der Waals surface area (Å²) in [7, 11) is 1.87. The van der Waals surface area contributed by atoms with Crippen molar-refractivity contribution in [1.82, 2.24) is 9.80 Å². The predicted molar refractivity (Wildman–Crippen MR) is 72.0 cm³/mol. The Morgan fingerprint density at radius 3 is 2.21 bits per heavy atom. The summed E-state index contributed by atoms with van der Waals surface area (Å²) in [5.74, 6) is -0.834. The van der Waals surface area contributed by atoms with Gasteiger partial charge >= 0.3 is 12.0 Å². The van der Waals surface area contributed by atoms with Crippen LogP contribution >= 0.6 is 0 Å². The molecule has 0 unspecified atom stereocenters. The summed E-state index contributed by atoms with van der Waals surface area (Å²) in [6, 6.07) is 0.640. The van der Waals surface area contributed by atoms with Crippen LogP contribution in [0.2, 0.25) is 0 Å². The van der Waals surface area contributed by atoms with Crippen molar-refractivity contribution in [1.29, 1.82) is 0 Å². The van der Waals surface area contributed by atoms with Gasteiger partial charge in [-0.05, 0) is 25.7 Å². The number of nitrogens with zero attached hydrogens (tertiary/aromatic N) is 2. The van der Waals surface area contributed by atoms with Gasteiger partial charge in [0.2, 0.25) is 0 Å². The second kappa shape index (κ2) is 6.26. The lowest BCUT2D eigenvalue weighted by atomic mass is 9.95. The monoisotopic (exact) mass is 268 g/mol. The van der Waals surface area contributed by atoms with Gasteiger partial charge in [0.25, 0.3) is 0 Å². The molecule has 0 aliphatic heterocycles. The molecule has 2 aliphatic carbocycles. The van der Waals surface area contributed by atoms with Crippen LogP contribution in [-0.2, 0) is 4.79 Å². The Morgan fingerprint density at radius 1 is 1.05 bits per heavy atom. The largest absolute Gasteiger partial charge is 0.481 e. The fourth-order valence-electron chi connectivity index (χ4n) is 2.86. The highest BCUT2D eigenvalue weighted by molar-refractivity contribution is 5.76. The van der Waals surface area contributed by atoms with E-state index in [4.69, 9.17) is 5.11 Å². The van der Waals surface area contributed by atoms with Crippen LogP contribution < -0.4 is 0 Å². The van der Waals surface area contributed by atoms with E-state index in [-0.39, 0.29) is 18.5 Å². The van der Waals surface area contributed by atoms with Crippen molar-refractivity contribution >= 4 is 12.0 Å². The molecule has 2 amide bonds. The van der Waals surface area contributed by atoms with E-state index in [0.717, 1.165) is 25.7 Å². The second-order valence-electron chi connectivity index (χ2n) is 5.75. The van der Waals surface area contributed by atoms with Crippen molar-refractivity contribution in [3.8, 4) is 0 Å². The summed E-state index contributed by atoms with van der Waals surface area (Å²) >= 11 is 0. The first kappa shape index (κ1) is 14.2. The third kappa shape index (κ3) is 3.85. The molecule has 0 heterocycles. The summed E-state index contributed by atoms with van der Waals surface area (Å²) in [6.45, 7) is 0.343. The maximum atomic E-state index is 12.5. The van der Waals surface area contributed by atoms with Gasteiger partial charge in [0.1, 0.15) is 0 Å². The highest BCUT2D eigenvalue weighted by Gasteiger charge is 2.35. The fraction of sp³-hybridized carbons (Fsp3) is 0.857. The van der Waals surface area contributed by atoms with Crippen molar-refractivity contribution in [3.05, 3.63) is 0 Å². The number of carbonyl (C=O) groups excluding carboxylic acids is 1. The lowest BCUT2D eigenvalue weighted by Gasteiger charge is -2.35. The van der Waals surface area contributed by atoms with Crippen molar-refractivity contribution in [2.75, 3.05) is 13.6 Å². The summed E-state index contributed by atoms with van der Waals surface area (Å²) in [5, 5.41) is 8.78. The first-order chi connectivity index (χ1) is 9.09. The zero-order valence-corrected chi connectivity index (χ0v) is 11.7. The average molecular weight is 268 g/mol. The van der Waals surface area contributed by atoms with E-state index < -0.39 is 5.97 Å². The van der Waals surface area contributed by atoms with Gasteiger partial charge in [-0.3, -0.25) is 4.79 Å². The fourth-order valence-corrected chi connectivity index (χ4v) is 2.86. The number of amides is 2. The standard InChI is InChI=1S/C14H24N2O3/c1-15(11-5-3-2-4-6-11)14(19)16(12-7-8-12)10-9-13(17)18/h11-12H,2-10H2,1H3,(H,17,18). The molecular weight excluding hydrogens is 244 g/mol. The van der Waals surface area contributed by atoms with Crippen molar-refractivity contribution in [2.45, 2.75) is 63.5 Å². The van der Waals surface area contributed by atoms with E-state index in [2.05, 4.69) is 0 Å². The van der Waals surface area contributed by atoms with E-state index >= 15 is 0 Å². The average Bonchev–Trinajstić information content (AvgIpc) is 3.23. The third-order valence-corrected chi connectivity index (χ3v) is 4.22.